The highest BCUT2D eigenvalue weighted by Crippen LogP contribution is 2.21. The molecule has 2 amide bonds. The van der Waals surface area contributed by atoms with E-state index >= 15 is 0 Å². The highest BCUT2D eigenvalue weighted by Gasteiger charge is 2.23. The molecule has 1 saturated heterocycles. The van der Waals surface area contributed by atoms with Gasteiger partial charge in [0, 0.05) is 30.4 Å². The zero-order valence-electron chi connectivity index (χ0n) is 15.3. The lowest BCUT2D eigenvalue weighted by Crippen LogP contribution is -2.44. The number of hydrogen-bond donors (Lipinski definition) is 1. The number of nitrogens with zero attached hydrogens (tertiary/aromatic N) is 2. The van der Waals surface area contributed by atoms with Crippen molar-refractivity contribution in [1.29, 1.82) is 0 Å². The summed E-state index contributed by atoms with van der Waals surface area (Å²) in [6, 6.07) is 11.7. The fourth-order valence-electron chi connectivity index (χ4n) is 3.03. The molecule has 0 bridgehead atoms. The van der Waals surface area contributed by atoms with Crippen molar-refractivity contribution < 1.29 is 23.3 Å². The maximum Gasteiger partial charge on any atom is 0.277 e. The monoisotopic (exact) mass is 381 g/mol. The summed E-state index contributed by atoms with van der Waals surface area (Å²) in [5.74, 6) is 0.318. The molecule has 8 heteroatoms. The average molecular weight is 381 g/mol. The van der Waals surface area contributed by atoms with E-state index in [1.165, 1.54) is 12.3 Å². The van der Waals surface area contributed by atoms with Crippen LogP contribution in [0.1, 0.15) is 27.8 Å². The average Bonchev–Trinajstić information content (AvgIpc) is 3.39. The highest BCUT2D eigenvalue weighted by atomic mass is 16.5. The largest absolute Gasteiger partial charge is 0.461 e. The Hall–Kier alpha value is -3.39. The molecule has 0 spiro atoms. The van der Waals surface area contributed by atoms with Crippen LogP contribution in [0.4, 0.5) is 5.69 Å². The Kier molecular flexibility index (Phi) is 4.94. The second kappa shape index (κ2) is 7.69. The minimum atomic E-state index is -0.439. The fraction of sp³-hybridized carbons (Fsp3) is 0.250. The van der Waals surface area contributed by atoms with E-state index in [4.69, 9.17) is 13.7 Å². The molecule has 2 aromatic heterocycles. The predicted molar refractivity (Wildman–Crippen MR) is 99.9 cm³/mol. The van der Waals surface area contributed by atoms with Crippen molar-refractivity contribution in [2.75, 3.05) is 25.0 Å². The molecule has 3 aromatic rings. The molecule has 4 rings (SSSR count). The van der Waals surface area contributed by atoms with Crippen LogP contribution in [-0.4, -0.2) is 47.7 Å². The molecule has 1 fully saturated rings. The molecule has 0 aliphatic carbocycles. The van der Waals surface area contributed by atoms with Crippen LogP contribution in [0.25, 0.3) is 11.5 Å². The summed E-state index contributed by atoms with van der Waals surface area (Å²) in [6.45, 7) is 3.55. The molecule has 1 aliphatic rings. The molecule has 1 atom stereocenters. The zero-order chi connectivity index (χ0) is 19.5. The van der Waals surface area contributed by atoms with Gasteiger partial charge in [-0.1, -0.05) is 11.2 Å². The maximum absolute atomic E-state index is 12.7. The summed E-state index contributed by atoms with van der Waals surface area (Å²) in [6.07, 6.45) is 1.52. The summed E-state index contributed by atoms with van der Waals surface area (Å²) < 4.78 is 15.8. The van der Waals surface area contributed by atoms with Gasteiger partial charge in [0.05, 0.1) is 19.0 Å². The number of carbonyl (C=O) groups excluding carboxylic acids is 2. The van der Waals surface area contributed by atoms with Gasteiger partial charge in [0.15, 0.2) is 11.5 Å². The maximum atomic E-state index is 12.7. The van der Waals surface area contributed by atoms with Crippen molar-refractivity contribution in [3.05, 3.63) is 60.0 Å². The molecule has 8 nitrogen and oxygen atoms in total. The van der Waals surface area contributed by atoms with Gasteiger partial charge in [0.1, 0.15) is 0 Å². The molecule has 28 heavy (non-hydrogen) atoms. The number of anilines is 1. The number of aromatic nitrogens is 1. The summed E-state index contributed by atoms with van der Waals surface area (Å²) in [5.41, 5.74) is 1.12. The van der Waals surface area contributed by atoms with Crippen LogP contribution in [0.5, 0.6) is 0 Å². The number of hydrogen-bond acceptors (Lipinski definition) is 6. The van der Waals surface area contributed by atoms with Crippen molar-refractivity contribution in [1.82, 2.24) is 10.1 Å². The number of benzene rings is 1. The number of amides is 2. The first kappa shape index (κ1) is 18.0. The molecule has 0 radical (unpaired) electrons. The van der Waals surface area contributed by atoms with Crippen LogP contribution in [-0.2, 0) is 4.74 Å². The van der Waals surface area contributed by atoms with Crippen molar-refractivity contribution in [3.63, 3.8) is 0 Å². The number of furan rings is 1. The number of carbonyl (C=O) groups is 2. The lowest BCUT2D eigenvalue weighted by molar-refractivity contribution is -0.0124. The van der Waals surface area contributed by atoms with E-state index < -0.39 is 5.91 Å². The smallest absolute Gasteiger partial charge is 0.277 e. The predicted octanol–water partition coefficient (Wildman–Crippen LogP) is 3.05. The second-order valence-corrected chi connectivity index (χ2v) is 6.52. The quantitative estimate of drug-likeness (QED) is 0.746. The number of rotatable bonds is 4. The molecule has 1 unspecified atom stereocenters. The molecule has 1 N–H and O–H groups in total. The van der Waals surface area contributed by atoms with Crippen molar-refractivity contribution in [2.24, 2.45) is 0 Å². The molecule has 1 aliphatic heterocycles. The summed E-state index contributed by atoms with van der Waals surface area (Å²) >= 11 is 0. The van der Waals surface area contributed by atoms with E-state index in [1.54, 1.807) is 41.3 Å². The number of morpholine rings is 1. The lowest BCUT2D eigenvalue weighted by atomic mass is 10.1. The van der Waals surface area contributed by atoms with E-state index in [1.807, 2.05) is 6.92 Å². The SMILES string of the molecule is CC1CN(C(=O)c2cccc(NC(=O)c3cc(-c4ccco4)on3)c2)CCO1. The van der Waals surface area contributed by atoms with Gasteiger partial charge in [0.2, 0.25) is 5.76 Å². The molecule has 0 saturated carbocycles. The van der Waals surface area contributed by atoms with Crippen LogP contribution in [0.3, 0.4) is 0 Å². The third-order valence-electron chi connectivity index (χ3n) is 4.40. The van der Waals surface area contributed by atoms with Gasteiger partial charge >= 0.3 is 0 Å². The van der Waals surface area contributed by atoms with Gasteiger partial charge in [0.25, 0.3) is 11.8 Å². The van der Waals surface area contributed by atoms with E-state index in [0.717, 1.165) is 0 Å². The Balaban J connectivity index is 1.46. The first-order valence-electron chi connectivity index (χ1n) is 8.93. The Morgan fingerprint density at radius 3 is 2.86 bits per heavy atom. The topological polar surface area (TPSA) is 97.8 Å². The Labute approximate surface area is 161 Å². The van der Waals surface area contributed by atoms with E-state index in [9.17, 15) is 9.59 Å². The third-order valence-corrected chi connectivity index (χ3v) is 4.40. The fourth-order valence-corrected chi connectivity index (χ4v) is 3.03. The second-order valence-electron chi connectivity index (χ2n) is 6.52. The van der Waals surface area contributed by atoms with E-state index in [0.29, 0.717) is 42.5 Å². The molecular weight excluding hydrogens is 362 g/mol. The van der Waals surface area contributed by atoms with Crippen LogP contribution in [0.15, 0.2) is 57.7 Å². The van der Waals surface area contributed by atoms with Crippen LogP contribution < -0.4 is 5.32 Å². The van der Waals surface area contributed by atoms with Gasteiger partial charge < -0.3 is 23.9 Å². The van der Waals surface area contributed by atoms with Gasteiger partial charge in [-0.15, -0.1) is 0 Å². The van der Waals surface area contributed by atoms with Gasteiger partial charge in [-0.3, -0.25) is 9.59 Å². The summed E-state index contributed by atoms with van der Waals surface area (Å²) in [5, 5.41) is 6.51. The molecule has 1 aromatic carbocycles. The van der Waals surface area contributed by atoms with Crippen LogP contribution in [0, 0.1) is 0 Å². The minimum Gasteiger partial charge on any atom is -0.461 e. The van der Waals surface area contributed by atoms with Gasteiger partial charge in [-0.05, 0) is 37.3 Å². The van der Waals surface area contributed by atoms with Crippen molar-refractivity contribution in [3.8, 4) is 11.5 Å². The third kappa shape index (κ3) is 3.81. The normalized spacial score (nSPS) is 16.8. The molecular formula is C20H19N3O5. The summed E-state index contributed by atoms with van der Waals surface area (Å²) in [4.78, 5) is 26.9. The molecule has 3 heterocycles. The zero-order valence-corrected chi connectivity index (χ0v) is 15.3. The first-order chi connectivity index (χ1) is 13.6. The minimum absolute atomic E-state index is 0.0103. The van der Waals surface area contributed by atoms with E-state index in [2.05, 4.69) is 10.5 Å². The lowest BCUT2D eigenvalue weighted by Gasteiger charge is -2.31. The Morgan fingerprint density at radius 2 is 2.07 bits per heavy atom. The summed E-state index contributed by atoms with van der Waals surface area (Å²) in [7, 11) is 0. The number of nitrogens with one attached hydrogen (secondary N) is 1. The Bertz CT molecular complexity index is 979. The highest BCUT2D eigenvalue weighted by molar-refractivity contribution is 6.04. The van der Waals surface area contributed by atoms with Crippen molar-refractivity contribution in [2.45, 2.75) is 13.0 Å². The van der Waals surface area contributed by atoms with E-state index in [-0.39, 0.29) is 17.7 Å². The first-order valence-corrected chi connectivity index (χ1v) is 8.93. The van der Waals surface area contributed by atoms with Crippen molar-refractivity contribution >= 4 is 17.5 Å². The number of ether oxygens (including phenoxy) is 1. The van der Waals surface area contributed by atoms with Gasteiger partial charge in [-0.2, -0.15) is 0 Å². The van der Waals surface area contributed by atoms with Crippen LogP contribution in [0.2, 0.25) is 0 Å². The van der Waals surface area contributed by atoms with Gasteiger partial charge in [-0.25, -0.2) is 0 Å². The van der Waals surface area contributed by atoms with Crippen LogP contribution >= 0.6 is 0 Å². The standard InChI is InChI=1S/C20H19N3O5/c1-13-12-23(7-9-26-13)20(25)14-4-2-5-15(10-14)21-19(24)16-11-18(28-22-16)17-6-3-8-27-17/h2-6,8,10-11,13H,7,9,12H2,1H3,(H,21,24). The molecule has 144 valence electrons. The Morgan fingerprint density at radius 1 is 1.18 bits per heavy atom.